The number of nitrogens with zero attached hydrogens (tertiary/aromatic N) is 1. The highest BCUT2D eigenvalue weighted by atomic mass is 32.2. The van der Waals surface area contributed by atoms with Gasteiger partial charge in [-0.2, -0.15) is 4.21 Å². The van der Waals surface area contributed by atoms with Crippen molar-refractivity contribution in [1.29, 1.82) is 4.61 Å². The highest BCUT2D eigenvalue weighted by Gasteiger charge is 1.42. The lowest BCUT2D eigenvalue weighted by atomic mass is 12.0. The zero-order valence-electron chi connectivity index (χ0n) is 2.26. The van der Waals surface area contributed by atoms with Crippen molar-refractivity contribution in [3.05, 3.63) is 0 Å². The van der Waals surface area contributed by atoms with Crippen LogP contribution in [-0.4, -0.2) is 10.5 Å². The van der Waals surface area contributed by atoms with E-state index in [0.29, 0.717) is 0 Å². The predicted molar refractivity (Wildman–Crippen MR) is 15.8 cm³/mol. The summed E-state index contributed by atoms with van der Waals surface area (Å²) in [5, 5.41) is 0. The lowest BCUT2D eigenvalue weighted by Crippen LogP contribution is -1.46. The molecule has 0 amide bonds. The van der Waals surface area contributed by atoms with Gasteiger partial charge in [-0.25, -0.2) is 0 Å². The van der Waals surface area contributed by atoms with E-state index in [0.717, 1.165) is 0 Å². The van der Waals surface area contributed by atoms with Crippen LogP contribution in [0.25, 0.3) is 0 Å². The Morgan fingerprint density at radius 2 is 2.00 bits per heavy atom. The monoisotopic (exact) mass is 77.0 g/mol. The van der Waals surface area contributed by atoms with Gasteiger partial charge < -0.3 is 0 Å². The van der Waals surface area contributed by atoms with Crippen LogP contribution in [0, 0.1) is 4.61 Å². The van der Waals surface area contributed by atoms with E-state index in [2.05, 4.69) is 0 Å². The summed E-state index contributed by atoms with van der Waals surface area (Å²) in [4.78, 5) is 0. The maximum absolute atomic E-state index is 9.11. The highest BCUT2D eigenvalue weighted by Crippen LogP contribution is 1.26. The normalized spacial score (nSPS) is 6.00. The third-order valence-corrected chi connectivity index (χ3v) is 0. The zero-order chi connectivity index (χ0) is 3.58. The average Bonchev–Trinajstić information content (AvgIpc) is 0.811. The Bertz CT molecular complexity index is 98.2. The molecule has 0 atom stereocenters. The molecule has 0 aromatic carbocycles. The van der Waals surface area contributed by atoms with Gasteiger partial charge in [0.25, 0.3) is 0 Å². The van der Waals surface area contributed by atoms with Crippen LogP contribution in [0.5, 0.6) is 0 Å². The first kappa shape index (κ1) is 3.73. The molecule has 0 N–H and O–H groups in total. The van der Waals surface area contributed by atoms with Crippen LogP contribution >= 0.6 is 0 Å². The molecule has 0 aromatic rings. The molecule has 0 bridgehead atoms. The summed E-state index contributed by atoms with van der Waals surface area (Å²) in [6.07, 6.45) is 1.19. The smallest absolute Gasteiger partial charge is 0.157 e. The molecule has 0 radical (unpaired) electrons. The molecule has 0 saturated carbocycles. The SMILES string of the molecule is CS(#N)=O. The molecule has 0 aliphatic rings. The molecular formula is CH3NOS. The van der Waals surface area contributed by atoms with Crippen LogP contribution in [0.3, 0.4) is 0 Å². The van der Waals surface area contributed by atoms with Gasteiger partial charge in [0.1, 0.15) is 0 Å². The first-order chi connectivity index (χ1) is 1.73. The van der Waals surface area contributed by atoms with E-state index in [4.69, 9.17) is 8.82 Å². The van der Waals surface area contributed by atoms with Gasteiger partial charge in [-0.05, 0) is 0 Å². The summed E-state index contributed by atoms with van der Waals surface area (Å²) < 4.78 is 16.6. The molecular weight excluding hydrogens is 74.1 g/mol. The minimum absolute atomic E-state index is 1.19. The lowest BCUT2D eigenvalue weighted by Gasteiger charge is -1.31. The van der Waals surface area contributed by atoms with Crippen molar-refractivity contribution in [2.75, 3.05) is 6.26 Å². The molecule has 3 heteroatoms. The summed E-state index contributed by atoms with van der Waals surface area (Å²) in [5.74, 6) is 0. The second kappa shape index (κ2) is 1.10. The van der Waals surface area contributed by atoms with Crippen molar-refractivity contribution in [2.45, 2.75) is 0 Å². The van der Waals surface area contributed by atoms with Gasteiger partial charge in [0.15, 0.2) is 10.4 Å². The maximum atomic E-state index is 9.11. The quantitative estimate of drug-likeness (QED) is 0.403. The van der Waals surface area contributed by atoms with E-state index < -0.39 is 10.4 Å². The third-order valence-electron chi connectivity index (χ3n) is 0. The maximum Gasteiger partial charge on any atom is 0.157 e. The van der Waals surface area contributed by atoms with Crippen molar-refractivity contribution in [3.63, 3.8) is 0 Å². The van der Waals surface area contributed by atoms with Gasteiger partial charge in [0, 0.05) is 0 Å². The molecule has 2 nitrogen and oxygen atoms in total. The van der Waals surface area contributed by atoms with Crippen LogP contribution in [-0.2, 0) is 10.4 Å². The van der Waals surface area contributed by atoms with E-state index in [-0.39, 0.29) is 0 Å². The second-order valence-electron chi connectivity index (χ2n) is 0.424. The minimum Gasteiger partial charge on any atom is -0.196 e. The molecule has 0 fully saturated rings. The van der Waals surface area contributed by atoms with Crippen LogP contribution in [0.15, 0.2) is 0 Å². The zero-order valence-corrected chi connectivity index (χ0v) is 3.08. The molecule has 0 aliphatic carbocycles. The summed E-state index contributed by atoms with van der Waals surface area (Å²) >= 11 is 0. The number of hydrogen-bond acceptors (Lipinski definition) is 2. The van der Waals surface area contributed by atoms with Crippen LogP contribution in [0.1, 0.15) is 0 Å². The van der Waals surface area contributed by atoms with Crippen molar-refractivity contribution in [3.8, 4) is 0 Å². The molecule has 0 saturated heterocycles. The standard InChI is InChI=1S/CH3NOS/c1-4(2)3/h1H3. The van der Waals surface area contributed by atoms with Crippen LogP contribution in [0.4, 0.5) is 0 Å². The summed E-state index contributed by atoms with van der Waals surface area (Å²) in [5.41, 5.74) is 0. The van der Waals surface area contributed by atoms with E-state index in [1.807, 2.05) is 0 Å². The van der Waals surface area contributed by atoms with Gasteiger partial charge in [0.05, 0.1) is 6.26 Å². The molecule has 0 aromatic heterocycles. The Morgan fingerprint density at radius 3 is 2.00 bits per heavy atom. The van der Waals surface area contributed by atoms with Crippen molar-refractivity contribution >= 4 is 10.4 Å². The molecule has 0 rings (SSSR count). The van der Waals surface area contributed by atoms with E-state index in [1.165, 1.54) is 6.26 Å². The summed E-state index contributed by atoms with van der Waals surface area (Å²) in [7, 11) is -1.61. The van der Waals surface area contributed by atoms with Gasteiger partial charge in [-0.1, -0.05) is 0 Å². The Morgan fingerprint density at radius 1 is 2.00 bits per heavy atom. The number of hydrogen-bond donors (Lipinski definition) is 0. The highest BCUT2D eigenvalue weighted by molar-refractivity contribution is 7.70. The van der Waals surface area contributed by atoms with E-state index >= 15 is 0 Å². The van der Waals surface area contributed by atoms with Gasteiger partial charge in [-0.15, -0.1) is 4.61 Å². The van der Waals surface area contributed by atoms with Crippen molar-refractivity contribution in [2.24, 2.45) is 0 Å². The summed E-state index contributed by atoms with van der Waals surface area (Å²) in [6.45, 7) is 0. The fourth-order valence-corrected chi connectivity index (χ4v) is 0. The Kier molecular flexibility index (Phi) is 1.02. The molecule has 0 spiro atoms. The van der Waals surface area contributed by atoms with Gasteiger partial charge in [0.2, 0.25) is 0 Å². The Hall–Kier alpha value is -0.270. The van der Waals surface area contributed by atoms with E-state index in [9.17, 15) is 0 Å². The van der Waals surface area contributed by atoms with Gasteiger partial charge in [-0.3, -0.25) is 0 Å². The van der Waals surface area contributed by atoms with E-state index in [1.54, 1.807) is 0 Å². The van der Waals surface area contributed by atoms with Crippen molar-refractivity contribution in [1.82, 2.24) is 0 Å². The number of rotatable bonds is 0. The van der Waals surface area contributed by atoms with Crippen LogP contribution in [0.2, 0.25) is 0 Å². The average molecular weight is 77.1 g/mol. The minimum atomic E-state index is -1.61. The summed E-state index contributed by atoms with van der Waals surface area (Å²) in [6, 6.07) is 0. The Balaban J connectivity index is 3.85. The molecule has 0 unspecified atom stereocenters. The predicted octanol–water partition coefficient (Wildman–Crippen LogP) is -0.156. The molecule has 0 heterocycles. The van der Waals surface area contributed by atoms with Crippen molar-refractivity contribution < 1.29 is 4.21 Å². The lowest BCUT2D eigenvalue weighted by molar-refractivity contribution is 0.692. The van der Waals surface area contributed by atoms with Gasteiger partial charge >= 0.3 is 0 Å². The first-order valence-electron chi connectivity index (χ1n) is 0.757. The third kappa shape index (κ3) is 12.6. The topological polar surface area (TPSA) is 40.9 Å². The fraction of sp³-hybridized carbons (Fsp3) is 1.00. The fourth-order valence-electron chi connectivity index (χ4n) is 0. The second-order valence-corrected chi connectivity index (χ2v) is 1.27. The molecule has 0 aliphatic heterocycles. The van der Waals surface area contributed by atoms with Crippen LogP contribution < -0.4 is 0 Å². The largest absolute Gasteiger partial charge is 0.196 e. The first-order valence-corrected chi connectivity index (χ1v) is 2.27. The molecule has 4 heavy (non-hydrogen) atoms. The molecule has 24 valence electrons. The Labute approximate surface area is 26.5 Å².